The van der Waals surface area contributed by atoms with E-state index in [4.69, 9.17) is 4.74 Å². The van der Waals surface area contributed by atoms with Gasteiger partial charge in [-0.05, 0) is 50.3 Å². The average Bonchev–Trinajstić information content (AvgIpc) is 2.34. The van der Waals surface area contributed by atoms with E-state index < -0.39 is 5.60 Å². The van der Waals surface area contributed by atoms with Gasteiger partial charge in [0, 0.05) is 12.8 Å². The summed E-state index contributed by atoms with van der Waals surface area (Å²) in [4.78, 5) is 0. The summed E-state index contributed by atoms with van der Waals surface area (Å²) >= 11 is 0. The quantitative estimate of drug-likeness (QED) is 0.902. The number of hydrogen-bond donors (Lipinski definition) is 1. The zero-order chi connectivity index (χ0) is 14.1. The SMILES string of the molecule is CCC1(C)CC(O)(Cc2c(C)cccc2C)CCO1. The molecule has 2 rings (SSSR count). The summed E-state index contributed by atoms with van der Waals surface area (Å²) in [5, 5.41) is 11.0. The molecule has 1 saturated heterocycles. The summed E-state index contributed by atoms with van der Waals surface area (Å²) in [6.07, 6.45) is 3.15. The topological polar surface area (TPSA) is 29.5 Å². The fourth-order valence-corrected chi connectivity index (χ4v) is 3.16. The molecule has 2 nitrogen and oxygen atoms in total. The monoisotopic (exact) mass is 262 g/mol. The van der Waals surface area contributed by atoms with Gasteiger partial charge in [0.1, 0.15) is 0 Å². The zero-order valence-corrected chi connectivity index (χ0v) is 12.6. The molecule has 0 aromatic heterocycles. The van der Waals surface area contributed by atoms with Gasteiger partial charge in [-0.1, -0.05) is 25.1 Å². The summed E-state index contributed by atoms with van der Waals surface area (Å²) in [6.45, 7) is 9.16. The van der Waals surface area contributed by atoms with Gasteiger partial charge in [-0.15, -0.1) is 0 Å². The summed E-state index contributed by atoms with van der Waals surface area (Å²) in [5.41, 5.74) is 3.05. The number of ether oxygens (including phenoxy) is 1. The molecule has 106 valence electrons. The van der Waals surface area contributed by atoms with Crippen molar-refractivity contribution in [1.82, 2.24) is 0 Å². The lowest BCUT2D eigenvalue weighted by molar-refractivity contribution is -0.153. The number of hydrogen-bond acceptors (Lipinski definition) is 2. The highest BCUT2D eigenvalue weighted by Gasteiger charge is 2.41. The minimum absolute atomic E-state index is 0.177. The average molecular weight is 262 g/mol. The maximum atomic E-state index is 11.0. The lowest BCUT2D eigenvalue weighted by atomic mass is 9.77. The van der Waals surface area contributed by atoms with E-state index in [-0.39, 0.29) is 5.60 Å². The van der Waals surface area contributed by atoms with E-state index in [0.717, 1.165) is 25.7 Å². The molecule has 0 spiro atoms. The van der Waals surface area contributed by atoms with Gasteiger partial charge in [0.15, 0.2) is 0 Å². The maximum absolute atomic E-state index is 11.0. The number of aliphatic hydroxyl groups is 1. The molecule has 1 N–H and O–H groups in total. The van der Waals surface area contributed by atoms with Crippen LogP contribution in [0.5, 0.6) is 0 Å². The van der Waals surface area contributed by atoms with Gasteiger partial charge < -0.3 is 9.84 Å². The molecular weight excluding hydrogens is 236 g/mol. The first kappa shape index (κ1) is 14.5. The van der Waals surface area contributed by atoms with Crippen molar-refractivity contribution < 1.29 is 9.84 Å². The molecular formula is C17H26O2. The van der Waals surface area contributed by atoms with Gasteiger partial charge in [-0.2, -0.15) is 0 Å². The van der Waals surface area contributed by atoms with Gasteiger partial charge >= 0.3 is 0 Å². The Morgan fingerprint density at radius 2 is 1.89 bits per heavy atom. The van der Waals surface area contributed by atoms with Crippen molar-refractivity contribution in [1.29, 1.82) is 0 Å². The first-order valence-corrected chi connectivity index (χ1v) is 7.29. The van der Waals surface area contributed by atoms with Crippen LogP contribution in [0.3, 0.4) is 0 Å². The predicted molar refractivity (Wildman–Crippen MR) is 78.5 cm³/mol. The van der Waals surface area contributed by atoms with Gasteiger partial charge in [-0.25, -0.2) is 0 Å². The second-order valence-corrected chi connectivity index (χ2v) is 6.35. The van der Waals surface area contributed by atoms with Gasteiger partial charge in [0.25, 0.3) is 0 Å². The molecule has 2 heteroatoms. The Balaban J connectivity index is 2.22. The number of rotatable bonds is 3. The van der Waals surface area contributed by atoms with Crippen LogP contribution in [0.1, 0.15) is 49.8 Å². The summed E-state index contributed by atoms with van der Waals surface area (Å²) in [7, 11) is 0. The third-order valence-corrected chi connectivity index (χ3v) is 4.62. The minimum Gasteiger partial charge on any atom is -0.389 e. The van der Waals surface area contributed by atoms with Crippen molar-refractivity contribution >= 4 is 0 Å². The van der Waals surface area contributed by atoms with Crippen LogP contribution in [-0.4, -0.2) is 22.9 Å². The van der Waals surface area contributed by atoms with E-state index in [2.05, 4.69) is 45.9 Å². The third kappa shape index (κ3) is 3.18. The van der Waals surface area contributed by atoms with Crippen LogP contribution < -0.4 is 0 Å². The van der Waals surface area contributed by atoms with Crippen LogP contribution in [-0.2, 0) is 11.2 Å². The first-order chi connectivity index (χ1) is 8.87. The number of aryl methyl sites for hydroxylation is 2. The van der Waals surface area contributed by atoms with Crippen molar-refractivity contribution in [3.05, 3.63) is 34.9 Å². The molecule has 0 amide bonds. The van der Waals surface area contributed by atoms with Gasteiger partial charge in [-0.3, -0.25) is 0 Å². The normalized spacial score (nSPS) is 31.4. The molecule has 1 aromatic carbocycles. The Kier molecular flexibility index (Phi) is 4.03. The first-order valence-electron chi connectivity index (χ1n) is 7.29. The highest BCUT2D eigenvalue weighted by atomic mass is 16.5. The summed E-state index contributed by atoms with van der Waals surface area (Å²) < 4.78 is 5.85. The second-order valence-electron chi connectivity index (χ2n) is 6.35. The molecule has 1 aromatic rings. The van der Waals surface area contributed by atoms with E-state index >= 15 is 0 Å². The highest BCUT2D eigenvalue weighted by Crippen LogP contribution is 2.37. The molecule has 0 saturated carbocycles. The Labute approximate surface area is 116 Å². The van der Waals surface area contributed by atoms with E-state index in [1.165, 1.54) is 16.7 Å². The Morgan fingerprint density at radius 1 is 1.26 bits per heavy atom. The van der Waals surface area contributed by atoms with Crippen LogP contribution in [0.2, 0.25) is 0 Å². The van der Waals surface area contributed by atoms with E-state index in [9.17, 15) is 5.11 Å². The summed E-state index contributed by atoms with van der Waals surface area (Å²) in [5.74, 6) is 0. The number of benzene rings is 1. The van der Waals surface area contributed by atoms with Crippen molar-refractivity contribution in [3.8, 4) is 0 Å². The standard InChI is InChI=1S/C17H26O2/c1-5-16(4)12-17(18,9-10-19-16)11-15-13(2)7-6-8-14(15)3/h6-8,18H,5,9-12H2,1-4H3. The lowest BCUT2D eigenvalue weighted by Crippen LogP contribution is -2.48. The third-order valence-electron chi connectivity index (χ3n) is 4.62. The van der Waals surface area contributed by atoms with Gasteiger partial charge in [0.2, 0.25) is 0 Å². The molecule has 19 heavy (non-hydrogen) atoms. The molecule has 0 aliphatic carbocycles. The lowest BCUT2D eigenvalue weighted by Gasteiger charge is -2.43. The second kappa shape index (κ2) is 5.26. The molecule has 1 aliphatic rings. The minimum atomic E-state index is -0.625. The van der Waals surface area contributed by atoms with Crippen molar-refractivity contribution in [3.63, 3.8) is 0 Å². The Bertz CT molecular complexity index is 434. The fourth-order valence-electron chi connectivity index (χ4n) is 3.16. The fraction of sp³-hybridized carbons (Fsp3) is 0.647. The van der Waals surface area contributed by atoms with Crippen molar-refractivity contribution in [2.45, 2.75) is 64.6 Å². The molecule has 0 bridgehead atoms. The molecule has 2 atom stereocenters. The van der Waals surface area contributed by atoms with E-state index in [1.807, 2.05) is 0 Å². The predicted octanol–water partition coefficient (Wildman–Crippen LogP) is 3.56. The van der Waals surface area contributed by atoms with E-state index in [1.54, 1.807) is 0 Å². The zero-order valence-electron chi connectivity index (χ0n) is 12.6. The molecule has 1 fully saturated rings. The maximum Gasteiger partial charge on any atom is 0.0737 e. The van der Waals surface area contributed by atoms with Crippen LogP contribution >= 0.6 is 0 Å². The van der Waals surface area contributed by atoms with E-state index in [0.29, 0.717) is 6.61 Å². The van der Waals surface area contributed by atoms with Gasteiger partial charge in [0.05, 0.1) is 17.8 Å². The Morgan fingerprint density at radius 3 is 2.47 bits per heavy atom. The summed E-state index contributed by atoms with van der Waals surface area (Å²) in [6, 6.07) is 6.34. The van der Waals surface area contributed by atoms with Crippen molar-refractivity contribution in [2.24, 2.45) is 0 Å². The van der Waals surface area contributed by atoms with Crippen LogP contribution in [0, 0.1) is 13.8 Å². The van der Waals surface area contributed by atoms with Crippen LogP contribution in [0.25, 0.3) is 0 Å². The molecule has 2 unspecified atom stereocenters. The smallest absolute Gasteiger partial charge is 0.0737 e. The van der Waals surface area contributed by atoms with Crippen molar-refractivity contribution in [2.75, 3.05) is 6.61 Å². The van der Waals surface area contributed by atoms with Crippen LogP contribution in [0.15, 0.2) is 18.2 Å². The molecule has 0 radical (unpaired) electrons. The largest absolute Gasteiger partial charge is 0.389 e. The highest BCUT2D eigenvalue weighted by molar-refractivity contribution is 5.34. The molecule has 1 heterocycles. The van der Waals surface area contributed by atoms with Crippen LogP contribution in [0.4, 0.5) is 0 Å². The Hall–Kier alpha value is -0.860. The molecule has 1 aliphatic heterocycles.